The van der Waals surface area contributed by atoms with Crippen LogP contribution in [-0.2, 0) is 11.3 Å². The van der Waals surface area contributed by atoms with Gasteiger partial charge < -0.3 is 10.0 Å². The van der Waals surface area contributed by atoms with Crippen molar-refractivity contribution in [1.29, 1.82) is 0 Å². The Labute approximate surface area is 166 Å². The van der Waals surface area contributed by atoms with Crippen molar-refractivity contribution in [2.24, 2.45) is 11.3 Å². The van der Waals surface area contributed by atoms with Crippen LogP contribution in [0, 0.1) is 17.2 Å². The van der Waals surface area contributed by atoms with E-state index in [2.05, 4.69) is 9.88 Å². The Kier molecular flexibility index (Phi) is 5.16. The van der Waals surface area contributed by atoms with E-state index in [1.165, 1.54) is 18.2 Å². The summed E-state index contributed by atoms with van der Waals surface area (Å²) in [5.74, 6) is -2.21. The Morgan fingerprint density at radius 3 is 2.75 bits per heavy atom. The number of likely N-dealkylation sites (tertiary alicyclic amines) is 2. The lowest BCUT2D eigenvalue weighted by Crippen LogP contribution is -2.46. The van der Waals surface area contributed by atoms with Crippen LogP contribution in [0.4, 0.5) is 4.39 Å². The molecule has 1 atom stereocenters. The van der Waals surface area contributed by atoms with E-state index in [-0.39, 0.29) is 18.0 Å². The molecule has 1 spiro atoms. The molecule has 1 aromatic carbocycles. The first-order valence-electron chi connectivity index (χ1n) is 9.35. The van der Waals surface area contributed by atoms with Gasteiger partial charge in [-0.25, -0.2) is 9.37 Å². The number of carbonyl (C=O) groups excluding carboxylic acids is 1. The fourth-order valence-corrected chi connectivity index (χ4v) is 5.11. The van der Waals surface area contributed by atoms with Crippen LogP contribution in [0.2, 0.25) is 0 Å². The second-order valence-electron chi connectivity index (χ2n) is 7.65. The fraction of sp³-hybridized carbons (Fsp3) is 0.450. The molecule has 6 nitrogen and oxygen atoms in total. The van der Waals surface area contributed by atoms with Crippen LogP contribution in [0.1, 0.15) is 28.2 Å². The highest BCUT2D eigenvalue weighted by atomic mass is 32.1. The number of piperidine rings is 1. The van der Waals surface area contributed by atoms with Crippen molar-refractivity contribution in [3.05, 3.63) is 52.2 Å². The molecule has 0 saturated carbocycles. The molecule has 1 N–H and O–H groups in total. The topological polar surface area (TPSA) is 73.7 Å². The third kappa shape index (κ3) is 3.66. The smallest absolute Gasteiger partial charge is 0.308 e. The zero-order chi connectivity index (χ0) is 19.7. The average Bonchev–Trinajstić information content (AvgIpc) is 3.31. The molecule has 3 heterocycles. The predicted octanol–water partition coefficient (Wildman–Crippen LogP) is 2.72. The zero-order valence-corrected chi connectivity index (χ0v) is 16.2. The maximum absolute atomic E-state index is 13.5. The van der Waals surface area contributed by atoms with Gasteiger partial charge in [0.25, 0.3) is 5.91 Å². The first kappa shape index (κ1) is 19.0. The number of carbonyl (C=O) groups is 2. The third-order valence-corrected chi connectivity index (χ3v) is 6.76. The van der Waals surface area contributed by atoms with Crippen molar-refractivity contribution in [3.63, 3.8) is 0 Å². The first-order valence-corrected chi connectivity index (χ1v) is 10.2. The van der Waals surface area contributed by atoms with E-state index in [4.69, 9.17) is 0 Å². The Bertz CT molecular complexity index is 865. The molecule has 2 aliphatic heterocycles. The number of benzene rings is 1. The Balaban J connectivity index is 1.47. The molecule has 2 saturated heterocycles. The maximum Gasteiger partial charge on any atom is 0.308 e. The molecule has 0 bridgehead atoms. The van der Waals surface area contributed by atoms with Crippen molar-refractivity contribution in [1.82, 2.24) is 14.8 Å². The number of rotatable bonds is 4. The SMILES string of the molecule is O=C(O)C1CN(C(=O)c2cccc(F)c2)CC12CCN(Cc1nccs1)CC2. The molecule has 148 valence electrons. The molecule has 0 aliphatic carbocycles. The number of hydrogen-bond acceptors (Lipinski definition) is 5. The normalized spacial score (nSPS) is 21.9. The summed E-state index contributed by atoms with van der Waals surface area (Å²) in [4.78, 5) is 33.0. The minimum atomic E-state index is -0.858. The number of aromatic nitrogens is 1. The van der Waals surface area contributed by atoms with E-state index in [0.717, 1.165) is 37.5 Å². The van der Waals surface area contributed by atoms with Gasteiger partial charge in [-0.3, -0.25) is 14.5 Å². The molecular weight excluding hydrogens is 381 g/mol. The average molecular weight is 403 g/mol. The highest BCUT2D eigenvalue weighted by molar-refractivity contribution is 7.09. The monoisotopic (exact) mass is 403 g/mol. The number of carboxylic acids is 1. The van der Waals surface area contributed by atoms with Gasteiger partial charge in [0.05, 0.1) is 12.5 Å². The quantitative estimate of drug-likeness (QED) is 0.850. The number of aliphatic carboxylic acids is 1. The van der Waals surface area contributed by atoms with E-state index in [1.54, 1.807) is 28.5 Å². The fourth-order valence-electron chi connectivity index (χ4n) is 4.45. The molecule has 2 aromatic rings. The summed E-state index contributed by atoms with van der Waals surface area (Å²) in [6.45, 7) is 2.93. The molecule has 1 aromatic heterocycles. The molecule has 1 unspecified atom stereocenters. The van der Waals surface area contributed by atoms with Gasteiger partial charge in [-0.2, -0.15) is 0 Å². The van der Waals surface area contributed by atoms with Gasteiger partial charge in [-0.15, -0.1) is 11.3 Å². The van der Waals surface area contributed by atoms with Crippen molar-refractivity contribution < 1.29 is 19.1 Å². The van der Waals surface area contributed by atoms with Crippen LogP contribution >= 0.6 is 11.3 Å². The highest BCUT2D eigenvalue weighted by Crippen LogP contribution is 2.45. The molecule has 4 rings (SSSR count). The molecule has 0 radical (unpaired) electrons. The Morgan fingerprint density at radius 2 is 2.11 bits per heavy atom. The van der Waals surface area contributed by atoms with Crippen molar-refractivity contribution in [2.75, 3.05) is 26.2 Å². The van der Waals surface area contributed by atoms with Crippen molar-refractivity contribution >= 4 is 23.2 Å². The van der Waals surface area contributed by atoms with Crippen LogP contribution < -0.4 is 0 Å². The van der Waals surface area contributed by atoms with Crippen LogP contribution in [0.5, 0.6) is 0 Å². The zero-order valence-electron chi connectivity index (χ0n) is 15.4. The molecular formula is C20H22FN3O3S. The number of amides is 1. The summed E-state index contributed by atoms with van der Waals surface area (Å²) in [7, 11) is 0. The molecule has 8 heteroatoms. The summed E-state index contributed by atoms with van der Waals surface area (Å²) in [5, 5.41) is 12.8. The summed E-state index contributed by atoms with van der Waals surface area (Å²) < 4.78 is 13.5. The molecule has 1 amide bonds. The summed E-state index contributed by atoms with van der Waals surface area (Å²) >= 11 is 1.62. The third-order valence-electron chi connectivity index (χ3n) is 6.00. The highest BCUT2D eigenvalue weighted by Gasteiger charge is 2.52. The van der Waals surface area contributed by atoms with Crippen LogP contribution in [0.15, 0.2) is 35.8 Å². The van der Waals surface area contributed by atoms with Gasteiger partial charge >= 0.3 is 5.97 Å². The van der Waals surface area contributed by atoms with Crippen molar-refractivity contribution in [3.8, 4) is 0 Å². The van der Waals surface area contributed by atoms with Crippen LogP contribution in [0.3, 0.4) is 0 Å². The van der Waals surface area contributed by atoms with E-state index in [9.17, 15) is 19.1 Å². The standard InChI is InChI=1S/C20H22FN3O3S/c21-15-3-1-2-14(10-15)18(25)24-11-16(19(26)27)20(13-24)4-7-23(8-5-20)12-17-22-6-9-28-17/h1-3,6,9-10,16H,4-5,7-8,11-13H2,(H,26,27). The first-order chi connectivity index (χ1) is 13.5. The number of halogens is 1. The van der Waals surface area contributed by atoms with E-state index >= 15 is 0 Å². The van der Waals surface area contributed by atoms with E-state index in [0.29, 0.717) is 6.54 Å². The molecule has 2 fully saturated rings. The van der Waals surface area contributed by atoms with Gasteiger partial charge in [0.15, 0.2) is 0 Å². The van der Waals surface area contributed by atoms with Gasteiger partial charge in [-0.05, 0) is 44.1 Å². The number of carboxylic acid groups (broad SMARTS) is 1. The Morgan fingerprint density at radius 1 is 1.32 bits per heavy atom. The minimum Gasteiger partial charge on any atom is -0.481 e. The van der Waals surface area contributed by atoms with Gasteiger partial charge in [0.2, 0.25) is 0 Å². The summed E-state index contributed by atoms with van der Waals surface area (Å²) in [5.41, 5.74) is -0.156. The lowest BCUT2D eigenvalue weighted by Gasteiger charge is -2.41. The maximum atomic E-state index is 13.5. The number of thiazole rings is 1. The second-order valence-corrected chi connectivity index (χ2v) is 8.63. The predicted molar refractivity (Wildman–Crippen MR) is 102 cm³/mol. The lowest BCUT2D eigenvalue weighted by molar-refractivity contribution is -0.145. The summed E-state index contributed by atoms with van der Waals surface area (Å²) in [6.07, 6.45) is 3.24. The van der Waals surface area contributed by atoms with Crippen LogP contribution in [0.25, 0.3) is 0 Å². The number of hydrogen-bond donors (Lipinski definition) is 1. The molecule has 28 heavy (non-hydrogen) atoms. The van der Waals surface area contributed by atoms with E-state index < -0.39 is 23.1 Å². The van der Waals surface area contributed by atoms with Crippen LogP contribution in [-0.4, -0.2) is 57.9 Å². The molecule has 2 aliphatic rings. The summed E-state index contributed by atoms with van der Waals surface area (Å²) in [6, 6.07) is 5.57. The van der Waals surface area contributed by atoms with E-state index in [1.807, 2.05) is 5.38 Å². The number of nitrogens with zero attached hydrogens (tertiary/aromatic N) is 3. The van der Waals surface area contributed by atoms with Gasteiger partial charge in [0.1, 0.15) is 10.8 Å². The second kappa shape index (κ2) is 7.60. The Hall–Kier alpha value is -2.32. The van der Waals surface area contributed by atoms with Crippen molar-refractivity contribution in [2.45, 2.75) is 19.4 Å². The lowest BCUT2D eigenvalue weighted by atomic mass is 9.71. The minimum absolute atomic E-state index is 0.178. The largest absolute Gasteiger partial charge is 0.481 e. The van der Waals surface area contributed by atoms with Gasteiger partial charge in [-0.1, -0.05) is 6.07 Å². The van der Waals surface area contributed by atoms with Gasteiger partial charge in [0, 0.05) is 35.6 Å².